The molecule has 0 amide bonds. The summed E-state index contributed by atoms with van der Waals surface area (Å²) in [5.41, 5.74) is 1.13. The van der Waals surface area contributed by atoms with Crippen LogP contribution in [-0.4, -0.2) is 15.3 Å². The number of ketones is 1. The van der Waals surface area contributed by atoms with Crippen molar-refractivity contribution in [2.75, 3.05) is 0 Å². The third-order valence-electron chi connectivity index (χ3n) is 2.88. The molecule has 3 nitrogen and oxygen atoms in total. The first-order chi connectivity index (χ1) is 8.65. The molecule has 0 aliphatic carbocycles. The van der Waals surface area contributed by atoms with Gasteiger partial charge in [0.15, 0.2) is 5.78 Å². The van der Waals surface area contributed by atoms with E-state index in [2.05, 4.69) is 4.98 Å². The Morgan fingerprint density at radius 1 is 1.32 bits per heavy atom. The summed E-state index contributed by atoms with van der Waals surface area (Å²) in [6.45, 7) is 2.30. The van der Waals surface area contributed by atoms with Crippen LogP contribution < -0.4 is 0 Å². The third-order valence-corrected chi connectivity index (χ3v) is 3.13. The van der Waals surface area contributed by atoms with Gasteiger partial charge in [0.25, 0.3) is 0 Å². The zero-order valence-corrected chi connectivity index (χ0v) is 12.2. The number of carbonyl (C=O) groups is 1. The number of benzene rings is 1. The van der Waals surface area contributed by atoms with E-state index in [-0.39, 0.29) is 18.2 Å². The number of halogens is 2. The number of hydrogen-bond donors (Lipinski definition) is 0. The predicted octanol–water partition coefficient (Wildman–Crippen LogP) is 3.47. The summed E-state index contributed by atoms with van der Waals surface area (Å²) in [5, 5.41) is 0.721. The molecule has 19 heavy (non-hydrogen) atoms. The molecule has 0 saturated carbocycles. The third kappa shape index (κ3) is 4.69. The minimum atomic E-state index is 0. The molecule has 0 atom stereocenters. The van der Waals surface area contributed by atoms with Gasteiger partial charge >= 0.3 is 0 Å². The van der Waals surface area contributed by atoms with Crippen molar-refractivity contribution in [1.82, 2.24) is 9.55 Å². The molecule has 0 radical (unpaired) electrons. The van der Waals surface area contributed by atoms with Crippen molar-refractivity contribution >= 4 is 29.8 Å². The predicted molar refractivity (Wildman–Crippen MR) is 79.0 cm³/mol. The number of aromatic nitrogens is 2. The number of rotatable bonds is 5. The molecule has 0 fully saturated rings. The molecule has 102 valence electrons. The van der Waals surface area contributed by atoms with Crippen molar-refractivity contribution in [3.05, 3.63) is 53.1 Å². The van der Waals surface area contributed by atoms with Crippen molar-refractivity contribution in [2.24, 2.45) is 0 Å². The first kappa shape index (κ1) is 15.7. The second-order valence-corrected chi connectivity index (χ2v) is 4.70. The van der Waals surface area contributed by atoms with Crippen molar-refractivity contribution in [1.29, 1.82) is 0 Å². The number of hydrogen-bond acceptors (Lipinski definition) is 2. The lowest BCUT2D eigenvalue weighted by atomic mass is 10.1. The van der Waals surface area contributed by atoms with Gasteiger partial charge in [0, 0.05) is 23.8 Å². The Bertz CT molecular complexity index is 535. The number of aryl methyl sites for hydroxylation is 2. The highest BCUT2D eigenvalue weighted by Gasteiger charge is 2.05. The summed E-state index contributed by atoms with van der Waals surface area (Å²) in [7, 11) is 0. The lowest BCUT2D eigenvalue weighted by molar-refractivity contribution is -0.119. The van der Waals surface area contributed by atoms with Crippen molar-refractivity contribution in [3.63, 3.8) is 0 Å². The number of Topliss-reactive ketones (excluding diaryl/α,β-unsaturated/α-hetero) is 1. The Morgan fingerprint density at radius 3 is 2.58 bits per heavy atom. The van der Waals surface area contributed by atoms with Gasteiger partial charge in [-0.05, 0) is 31.0 Å². The van der Waals surface area contributed by atoms with Crippen LogP contribution in [0.3, 0.4) is 0 Å². The molecular weight excluding hydrogens is 283 g/mol. The van der Waals surface area contributed by atoms with Crippen LogP contribution >= 0.6 is 24.0 Å². The fourth-order valence-corrected chi connectivity index (χ4v) is 1.90. The Balaban J connectivity index is 0.00000180. The van der Waals surface area contributed by atoms with Crippen LogP contribution in [0.1, 0.15) is 17.8 Å². The first-order valence-corrected chi connectivity index (χ1v) is 6.27. The van der Waals surface area contributed by atoms with E-state index >= 15 is 0 Å². The average Bonchev–Trinajstić information content (AvgIpc) is 2.74. The molecule has 1 aromatic heterocycles. The van der Waals surface area contributed by atoms with Gasteiger partial charge in [0.1, 0.15) is 5.82 Å². The quantitative estimate of drug-likeness (QED) is 0.847. The molecule has 0 spiro atoms. The van der Waals surface area contributed by atoms with Crippen molar-refractivity contribution < 1.29 is 4.79 Å². The Kier molecular flexibility index (Phi) is 6.06. The summed E-state index contributed by atoms with van der Waals surface area (Å²) in [5.74, 6) is 1.08. The molecule has 0 N–H and O–H groups in total. The second-order valence-electron chi connectivity index (χ2n) is 4.27. The van der Waals surface area contributed by atoms with E-state index in [1.807, 2.05) is 42.0 Å². The van der Waals surface area contributed by atoms with Gasteiger partial charge < -0.3 is 4.57 Å². The highest BCUT2D eigenvalue weighted by molar-refractivity contribution is 6.30. The van der Waals surface area contributed by atoms with Crippen LogP contribution in [0.5, 0.6) is 0 Å². The van der Waals surface area contributed by atoms with Crippen LogP contribution in [0, 0.1) is 6.92 Å². The van der Waals surface area contributed by atoms with Crippen LogP contribution in [0.4, 0.5) is 0 Å². The molecule has 0 saturated heterocycles. The zero-order valence-electron chi connectivity index (χ0n) is 10.7. The minimum absolute atomic E-state index is 0. The second kappa shape index (κ2) is 7.31. The first-order valence-electron chi connectivity index (χ1n) is 5.89. The maximum Gasteiger partial charge on any atom is 0.152 e. The molecule has 2 rings (SSSR count). The summed E-state index contributed by atoms with van der Waals surface area (Å²) < 4.78 is 1.87. The lowest BCUT2D eigenvalue weighted by Crippen LogP contribution is -2.11. The minimum Gasteiger partial charge on any atom is -0.328 e. The van der Waals surface area contributed by atoms with Crippen molar-refractivity contribution in [3.8, 4) is 0 Å². The molecule has 0 aliphatic rings. The summed E-state index contributed by atoms with van der Waals surface area (Å²) in [6.07, 6.45) is 4.83. The monoisotopic (exact) mass is 298 g/mol. The molecule has 1 aromatic carbocycles. The SMILES string of the molecule is Cc1nccn1CC(=O)CCc1ccc(Cl)cc1.Cl. The Hall–Kier alpha value is -1.32. The molecule has 2 aromatic rings. The van der Waals surface area contributed by atoms with E-state index < -0.39 is 0 Å². The van der Waals surface area contributed by atoms with E-state index in [4.69, 9.17) is 11.6 Å². The van der Waals surface area contributed by atoms with E-state index in [0.717, 1.165) is 22.8 Å². The number of nitrogens with zero attached hydrogens (tertiary/aromatic N) is 2. The van der Waals surface area contributed by atoms with Gasteiger partial charge in [0.2, 0.25) is 0 Å². The van der Waals surface area contributed by atoms with E-state index in [1.165, 1.54) is 0 Å². The molecule has 0 unspecified atom stereocenters. The highest BCUT2D eigenvalue weighted by Crippen LogP contribution is 2.11. The van der Waals surface area contributed by atoms with Gasteiger partial charge in [0.05, 0.1) is 6.54 Å². The largest absolute Gasteiger partial charge is 0.328 e. The topological polar surface area (TPSA) is 34.9 Å². The van der Waals surface area contributed by atoms with E-state index in [1.54, 1.807) is 6.20 Å². The lowest BCUT2D eigenvalue weighted by Gasteiger charge is -2.04. The van der Waals surface area contributed by atoms with Gasteiger partial charge in [-0.2, -0.15) is 0 Å². The molecule has 5 heteroatoms. The van der Waals surface area contributed by atoms with Crippen molar-refractivity contribution in [2.45, 2.75) is 26.3 Å². The molecular formula is C14H16Cl2N2O. The molecule has 0 aliphatic heterocycles. The van der Waals surface area contributed by atoms with Crippen LogP contribution in [0.2, 0.25) is 5.02 Å². The van der Waals surface area contributed by atoms with E-state index in [9.17, 15) is 4.79 Å². The fourth-order valence-electron chi connectivity index (χ4n) is 1.77. The van der Waals surface area contributed by atoms with Gasteiger partial charge in [-0.15, -0.1) is 12.4 Å². The van der Waals surface area contributed by atoms with Crippen LogP contribution in [0.25, 0.3) is 0 Å². The fraction of sp³-hybridized carbons (Fsp3) is 0.286. The maximum absolute atomic E-state index is 11.8. The van der Waals surface area contributed by atoms with Gasteiger partial charge in [-0.1, -0.05) is 23.7 Å². The normalized spacial score (nSPS) is 10.0. The summed E-state index contributed by atoms with van der Waals surface area (Å²) in [6, 6.07) is 7.61. The highest BCUT2D eigenvalue weighted by atomic mass is 35.5. The number of imidazole rings is 1. The standard InChI is InChI=1S/C14H15ClN2O.ClH/c1-11-16-8-9-17(11)10-14(18)7-4-12-2-5-13(15)6-3-12;/h2-3,5-6,8-9H,4,7,10H2,1H3;1H. The van der Waals surface area contributed by atoms with Gasteiger partial charge in [-0.3, -0.25) is 4.79 Å². The van der Waals surface area contributed by atoms with Gasteiger partial charge in [-0.25, -0.2) is 4.98 Å². The zero-order chi connectivity index (χ0) is 13.0. The molecule has 1 heterocycles. The molecule has 0 bridgehead atoms. The Morgan fingerprint density at radius 2 is 2.00 bits per heavy atom. The maximum atomic E-state index is 11.8. The van der Waals surface area contributed by atoms with Crippen LogP contribution in [0.15, 0.2) is 36.7 Å². The average molecular weight is 299 g/mol. The number of carbonyl (C=O) groups excluding carboxylic acids is 1. The summed E-state index contributed by atoms with van der Waals surface area (Å²) in [4.78, 5) is 15.9. The Labute approximate surface area is 124 Å². The van der Waals surface area contributed by atoms with Crippen LogP contribution in [-0.2, 0) is 17.8 Å². The smallest absolute Gasteiger partial charge is 0.152 e. The summed E-state index contributed by atoms with van der Waals surface area (Å²) >= 11 is 5.81. The van der Waals surface area contributed by atoms with E-state index in [0.29, 0.717) is 13.0 Å².